The van der Waals surface area contributed by atoms with Gasteiger partial charge < -0.3 is 15.2 Å². The van der Waals surface area contributed by atoms with Crippen molar-refractivity contribution in [1.82, 2.24) is 5.32 Å². The molecule has 1 aliphatic heterocycles. The van der Waals surface area contributed by atoms with Gasteiger partial charge in [-0.15, -0.1) is 0 Å². The van der Waals surface area contributed by atoms with Gasteiger partial charge in [-0.1, -0.05) is 29.8 Å². The van der Waals surface area contributed by atoms with Gasteiger partial charge >= 0.3 is 0 Å². The third-order valence-electron chi connectivity index (χ3n) is 3.64. The van der Waals surface area contributed by atoms with E-state index in [-0.39, 0.29) is 12.5 Å². The van der Waals surface area contributed by atoms with E-state index in [0.717, 1.165) is 5.56 Å². The van der Waals surface area contributed by atoms with Gasteiger partial charge in [0.15, 0.2) is 0 Å². The summed E-state index contributed by atoms with van der Waals surface area (Å²) < 4.78 is 5.28. The van der Waals surface area contributed by atoms with Crippen LogP contribution in [0.2, 0.25) is 0 Å². The number of ether oxygens (including phenoxy) is 1. The zero-order valence-electron chi connectivity index (χ0n) is 11.3. The fourth-order valence-corrected chi connectivity index (χ4v) is 2.32. The van der Waals surface area contributed by atoms with E-state index < -0.39 is 5.54 Å². The maximum absolute atomic E-state index is 12.1. The maximum Gasteiger partial charge on any atom is 0.224 e. The predicted octanol–water partition coefficient (Wildman–Crippen LogP) is 1.20. The first-order chi connectivity index (χ1) is 9.13. The summed E-state index contributed by atoms with van der Waals surface area (Å²) >= 11 is 0. The second-order valence-electron chi connectivity index (χ2n) is 5.26. The third-order valence-corrected chi connectivity index (χ3v) is 3.64. The van der Waals surface area contributed by atoms with Crippen molar-refractivity contribution >= 4 is 5.91 Å². The molecule has 2 N–H and O–H groups in total. The lowest BCUT2D eigenvalue weighted by atomic mass is 9.90. The largest absolute Gasteiger partial charge is 0.394 e. The second kappa shape index (κ2) is 6.17. The minimum absolute atomic E-state index is 0.0317. The van der Waals surface area contributed by atoms with Crippen LogP contribution in [0, 0.1) is 6.92 Å². The summed E-state index contributed by atoms with van der Waals surface area (Å²) in [5.41, 5.74) is 1.67. The Labute approximate surface area is 113 Å². The molecule has 0 spiro atoms. The van der Waals surface area contributed by atoms with Gasteiger partial charge in [0.25, 0.3) is 0 Å². The predicted molar refractivity (Wildman–Crippen MR) is 72.9 cm³/mol. The molecule has 104 valence electrons. The van der Waals surface area contributed by atoms with Gasteiger partial charge in [0.1, 0.15) is 0 Å². The normalized spacial score (nSPS) is 18.0. The van der Waals surface area contributed by atoms with Crippen LogP contribution in [0.1, 0.15) is 24.0 Å². The topological polar surface area (TPSA) is 58.6 Å². The first-order valence-corrected chi connectivity index (χ1v) is 6.69. The van der Waals surface area contributed by atoms with Crippen molar-refractivity contribution in [3.05, 3.63) is 35.4 Å². The minimum atomic E-state index is -0.500. The second-order valence-corrected chi connectivity index (χ2v) is 5.26. The average Bonchev–Trinajstić information content (AvgIpc) is 2.42. The average molecular weight is 263 g/mol. The molecule has 1 aromatic carbocycles. The highest BCUT2D eigenvalue weighted by Crippen LogP contribution is 2.20. The molecular formula is C15H21NO3. The first kappa shape index (κ1) is 14.0. The van der Waals surface area contributed by atoms with E-state index in [4.69, 9.17) is 4.74 Å². The summed E-state index contributed by atoms with van der Waals surface area (Å²) in [5, 5.41) is 12.5. The molecule has 1 amide bonds. The number of aryl methyl sites for hydroxylation is 1. The monoisotopic (exact) mass is 263 g/mol. The fourth-order valence-electron chi connectivity index (χ4n) is 2.32. The standard InChI is InChI=1S/C15H21NO3/c1-12-2-4-13(5-3-12)10-14(18)16-15(11-17)6-8-19-9-7-15/h2-5,17H,6-11H2,1H3,(H,16,18). The third kappa shape index (κ3) is 3.78. The van der Waals surface area contributed by atoms with Crippen molar-refractivity contribution in [2.24, 2.45) is 0 Å². The van der Waals surface area contributed by atoms with E-state index >= 15 is 0 Å². The van der Waals surface area contributed by atoms with Crippen LogP contribution in [0.5, 0.6) is 0 Å². The molecule has 0 unspecified atom stereocenters. The van der Waals surface area contributed by atoms with Crippen LogP contribution in [0.25, 0.3) is 0 Å². The van der Waals surface area contributed by atoms with E-state index in [9.17, 15) is 9.90 Å². The highest BCUT2D eigenvalue weighted by molar-refractivity contribution is 5.79. The molecule has 1 saturated heterocycles. The molecule has 4 nitrogen and oxygen atoms in total. The lowest BCUT2D eigenvalue weighted by Gasteiger charge is -2.36. The van der Waals surface area contributed by atoms with Gasteiger partial charge in [-0.05, 0) is 25.3 Å². The van der Waals surface area contributed by atoms with E-state index in [0.29, 0.717) is 32.5 Å². The number of hydrogen-bond acceptors (Lipinski definition) is 3. The van der Waals surface area contributed by atoms with Gasteiger partial charge in [-0.2, -0.15) is 0 Å². The number of carbonyl (C=O) groups excluding carboxylic acids is 1. The number of hydrogen-bond donors (Lipinski definition) is 2. The van der Waals surface area contributed by atoms with Crippen LogP contribution in [-0.4, -0.2) is 36.4 Å². The molecule has 4 heteroatoms. The molecule has 1 fully saturated rings. The Morgan fingerprint density at radius 2 is 1.95 bits per heavy atom. The summed E-state index contributed by atoms with van der Waals surface area (Å²) in [5.74, 6) is -0.0418. The van der Waals surface area contributed by atoms with E-state index in [1.807, 2.05) is 31.2 Å². The summed E-state index contributed by atoms with van der Waals surface area (Å²) in [6, 6.07) is 7.92. The Morgan fingerprint density at radius 1 is 1.32 bits per heavy atom. The van der Waals surface area contributed by atoms with Crippen LogP contribution in [0.15, 0.2) is 24.3 Å². The Balaban J connectivity index is 1.94. The molecule has 1 heterocycles. The number of rotatable bonds is 4. The van der Waals surface area contributed by atoms with Crippen molar-refractivity contribution < 1.29 is 14.6 Å². The number of amides is 1. The van der Waals surface area contributed by atoms with Crippen LogP contribution in [-0.2, 0) is 16.0 Å². The van der Waals surface area contributed by atoms with Crippen molar-refractivity contribution in [3.63, 3.8) is 0 Å². The fraction of sp³-hybridized carbons (Fsp3) is 0.533. The number of benzene rings is 1. The molecule has 0 saturated carbocycles. The van der Waals surface area contributed by atoms with Gasteiger partial charge in [-0.25, -0.2) is 0 Å². The molecule has 0 aliphatic carbocycles. The number of aliphatic hydroxyl groups is 1. The summed E-state index contributed by atoms with van der Waals surface area (Å²) in [7, 11) is 0. The number of carbonyl (C=O) groups is 1. The molecular weight excluding hydrogens is 242 g/mol. The van der Waals surface area contributed by atoms with Crippen LogP contribution in [0.4, 0.5) is 0 Å². The number of aliphatic hydroxyl groups excluding tert-OH is 1. The van der Waals surface area contributed by atoms with Crippen LogP contribution < -0.4 is 5.32 Å². The Kier molecular flexibility index (Phi) is 4.56. The van der Waals surface area contributed by atoms with Crippen molar-refractivity contribution in [2.45, 2.75) is 31.7 Å². The Morgan fingerprint density at radius 3 is 2.53 bits per heavy atom. The summed E-state index contributed by atoms with van der Waals surface area (Å²) in [6.45, 7) is 3.17. The smallest absolute Gasteiger partial charge is 0.224 e. The van der Waals surface area contributed by atoms with E-state index in [1.165, 1.54) is 5.56 Å². The van der Waals surface area contributed by atoms with Crippen LogP contribution >= 0.6 is 0 Å². The highest BCUT2D eigenvalue weighted by Gasteiger charge is 2.33. The zero-order chi connectivity index (χ0) is 13.7. The summed E-state index contributed by atoms with van der Waals surface area (Å²) in [4.78, 5) is 12.1. The van der Waals surface area contributed by atoms with Gasteiger partial charge in [0, 0.05) is 13.2 Å². The molecule has 0 aromatic heterocycles. The molecule has 2 rings (SSSR count). The lowest BCUT2D eigenvalue weighted by molar-refractivity contribution is -0.124. The zero-order valence-corrected chi connectivity index (χ0v) is 11.3. The van der Waals surface area contributed by atoms with Gasteiger partial charge in [0.2, 0.25) is 5.91 Å². The summed E-state index contributed by atoms with van der Waals surface area (Å²) in [6.07, 6.45) is 1.69. The Hall–Kier alpha value is -1.39. The molecule has 1 aromatic rings. The molecule has 1 aliphatic rings. The lowest BCUT2D eigenvalue weighted by Crippen LogP contribution is -2.55. The quantitative estimate of drug-likeness (QED) is 0.858. The molecule has 0 bridgehead atoms. The number of nitrogens with one attached hydrogen (secondary N) is 1. The molecule has 0 radical (unpaired) electrons. The Bertz CT molecular complexity index is 422. The molecule has 19 heavy (non-hydrogen) atoms. The van der Waals surface area contributed by atoms with Crippen LogP contribution in [0.3, 0.4) is 0 Å². The van der Waals surface area contributed by atoms with Crippen molar-refractivity contribution in [2.75, 3.05) is 19.8 Å². The SMILES string of the molecule is Cc1ccc(CC(=O)NC2(CO)CCOCC2)cc1. The van der Waals surface area contributed by atoms with E-state index in [2.05, 4.69) is 5.32 Å². The van der Waals surface area contributed by atoms with E-state index in [1.54, 1.807) is 0 Å². The minimum Gasteiger partial charge on any atom is -0.394 e. The van der Waals surface area contributed by atoms with Gasteiger partial charge in [0.05, 0.1) is 18.6 Å². The van der Waals surface area contributed by atoms with Crippen molar-refractivity contribution in [3.8, 4) is 0 Å². The molecule has 0 atom stereocenters. The highest BCUT2D eigenvalue weighted by atomic mass is 16.5. The van der Waals surface area contributed by atoms with Gasteiger partial charge in [-0.3, -0.25) is 4.79 Å². The van der Waals surface area contributed by atoms with Crippen molar-refractivity contribution in [1.29, 1.82) is 0 Å². The first-order valence-electron chi connectivity index (χ1n) is 6.69. The maximum atomic E-state index is 12.1.